The van der Waals surface area contributed by atoms with Gasteiger partial charge >= 0.3 is 0 Å². The molecule has 37 heavy (non-hydrogen) atoms. The Kier molecular flexibility index (Phi) is 7.75. The van der Waals surface area contributed by atoms with Crippen LogP contribution < -0.4 is 20.7 Å². The second kappa shape index (κ2) is 10.5. The minimum Gasteiger partial charge on any atom is -0.374 e. The number of piperidine rings is 1. The van der Waals surface area contributed by atoms with Crippen molar-refractivity contribution in [2.24, 2.45) is 5.73 Å². The van der Waals surface area contributed by atoms with Crippen molar-refractivity contribution in [1.29, 1.82) is 0 Å². The van der Waals surface area contributed by atoms with Crippen LogP contribution in [0.3, 0.4) is 0 Å². The molecule has 2 atom stereocenters. The fourth-order valence-corrected chi connectivity index (χ4v) is 6.58. The van der Waals surface area contributed by atoms with Gasteiger partial charge in [-0.05, 0) is 57.0 Å². The number of nitrogens with two attached hydrogens (primary N) is 1. The fraction of sp³-hybridized carbons (Fsp3) is 0.481. The molecule has 2 aliphatic rings. The van der Waals surface area contributed by atoms with E-state index in [0.29, 0.717) is 31.6 Å². The number of Topliss-reactive ketones (excluding diaryl/α,β-unsaturated/α-hetero) is 1. The standard InChI is InChI=1S/C27H36N4O5S/c1-26(2,28)25(33)30-21(18-36-17-19-9-5-4-6-10-19)23(32)24-27(13-15-29-16-14-27)20-11-7-8-12-22(20)31(24)37(3,34)35/h4-12,21,24,29H,13-18,28H2,1-3H3,(H,30,33)/t21-,24?/m1/s1. The van der Waals surface area contributed by atoms with Crippen molar-refractivity contribution in [2.75, 3.05) is 30.3 Å². The van der Waals surface area contributed by atoms with Crippen LogP contribution in [0.1, 0.15) is 37.8 Å². The molecule has 1 spiro atoms. The number of ketones is 1. The summed E-state index contributed by atoms with van der Waals surface area (Å²) in [7, 11) is -3.83. The van der Waals surface area contributed by atoms with Crippen molar-refractivity contribution < 1.29 is 22.7 Å². The van der Waals surface area contributed by atoms with E-state index in [1.54, 1.807) is 26.0 Å². The monoisotopic (exact) mass is 528 g/mol. The quantitative estimate of drug-likeness (QED) is 0.449. The molecule has 10 heteroatoms. The number of nitrogens with one attached hydrogen (secondary N) is 2. The van der Waals surface area contributed by atoms with E-state index in [9.17, 15) is 18.0 Å². The highest BCUT2D eigenvalue weighted by Crippen LogP contribution is 2.51. The lowest BCUT2D eigenvalue weighted by atomic mass is 9.68. The highest BCUT2D eigenvalue weighted by atomic mass is 32.2. The van der Waals surface area contributed by atoms with Crippen LogP contribution in [-0.4, -0.2) is 63.7 Å². The van der Waals surface area contributed by atoms with Gasteiger partial charge in [0, 0.05) is 5.41 Å². The largest absolute Gasteiger partial charge is 0.374 e. The number of sulfonamides is 1. The van der Waals surface area contributed by atoms with Crippen molar-refractivity contribution in [2.45, 2.75) is 56.3 Å². The van der Waals surface area contributed by atoms with Gasteiger partial charge in [0.05, 0.1) is 30.7 Å². The maximum atomic E-state index is 14.4. The van der Waals surface area contributed by atoms with Crippen molar-refractivity contribution in [3.8, 4) is 0 Å². The molecular formula is C27H36N4O5S. The Morgan fingerprint density at radius 2 is 1.76 bits per heavy atom. The highest BCUT2D eigenvalue weighted by Gasteiger charge is 2.58. The lowest BCUT2D eigenvalue weighted by molar-refractivity contribution is -0.133. The molecule has 2 aromatic carbocycles. The number of carbonyl (C=O) groups excluding carboxylic acids is 2. The van der Waals surface area contributed by atoms with Crippen molar-refractivity contribution in [3.63, 3.8) is 0 Å². The lowest BCUT2D eigenvalue weighted by Gasteiger charge is -2.42. The Labute approximate surface area is 218 Å². The molecule has 0 bridgehead atoms. The van der Waals surface area contributed by atoms with E-state index in [1.165, 1.54) is 4.31 Å². The molecule has 2 heterocycles. The SMILES string of the molecule is CC(C)(N)C(=O)N[C@H](COCc1ccccc1)C(=O)C1N(S(C)(=O)=O)c2ccccc2C12CCNCC2. The van der Waals surface area contributed by atoms with E-state index in [-0.39, 0.29) is 13.2 Å². The molecule has 0 aliphatic carbocycles. The van der Waals surface area contributed by atoms with Gasteiger partial charge in [0.1, 0.15) is 12.1 Å². The maximum Gasteiger partial charge on any atom is 0.240 e. The van der Waals surface area contributed by atoms with Gasteiger partial charge in [-0.25, -0.2) is 8.42 Å². The first-order valence-electron chi connectivity index (χ1n) is 12.5. The maximum absolute atomic E-state index is 14.4. The molecule has 2 aromatic rings. The van der Waals surface area contributed by atoms with Gasteiger partial charge in [0.25, 0.3) is 0 Å². The number of anilines is 1. The summed E-state index contributed by atoms with van der Waals surface area (Å²) < 4.78 is 33.5. The number of nitrogens with zero attached hydrogens (tertiary/aromatic N) is 1. The normalized spacial score (nSPS) is 19.9. The van der Waals surface area contributed by atoms with E-state index < -0.39 is 44.8 Å². The topological polar surface area (TPSA) is 131 Å². The number of para-hydroxylation sites is 1. The third kappa shape index (κ3) is 5.57. The number of fused-ring (bicyclic) bond motifs is 2. The van der Waals surface area contributed by atoms with Gasteiger partial charge in [-0.15, -0.1) is 0 Å². The summed E-state index contributed by atoms with van der Waals surface area (Å²) in [6.07, 6.45) is 2.29. The zero-order valence-electron chi connectivity index (χ0n) is 21.6. The second-order valence-corrected chi connectivity index (χ2v) is 12.4. The van der Waals surface area contributed by atoms with Crippen LogP contribution in [0.5, 0.6) is 0 Å². The van der Waals surface area contributed by atoms with Crippen LogP contribution >= 0.6 is 0 Å². The first-order chi connectivity index (χ1) is 17.4. The minimum absolute atomic E-state index is 0.117. The van der Waals surface area contributed by atoms with Crippen LogP contribution in [0.15, 0.2) is 54.6 Å². The van der Waals surface area contributed by atoms with Gasteiger partial charge in [0.2, 0.25) is 15.9 Å². The van der Waals surface area contributed by atoms with E-state index in [2.05, 4.69) is 10.6 Å². The van der Waals surface area contributed by atoms with E-state index >= 15 is 0 Å². The number of amides is 1. The zero-order valence-corrected chi connectivity index (χ0v) is 22.4. The van der Waals surface area contributed by atoms with Gasteiger partial charge in [0.15, 0.2) is 5.78 Å². The molecular weight excluding hydrogens is 492 g/mol. The molecule has 0 radical (unpaired) electrons. The van der Waals surface area contributed by atoms with Crippen LogP contribution in [-0.2, 0) is 36.4 Å². The fourth-order valence-electron chi connectivity index (χ4n) is 5.37. The second-order valence-electron chi connectivity index (χ2n) is 10.5. The molecule has 0 aromatic heterocycles. The Balaban J connectivity index is 1.72. The molecule has 9 nitrogen and oxygen atoms in total. The zero-order chi connectivity index (χ0) is 26.8. The molecule has 1 saturated heterocycles. The Morgan fingerprint density at radius 3 is 2.38 bits per heavy atom. The third-order valence-corrected chi connectivity index (χ3v) is 8.31. The number of benzene rings is 2. The van der Waals surface area contributed by atoms with Gasteiger partial charge in [-0.1, -0.05) is 48.5 Å². The molecule has 4 rings (SSSR count). The first-order valence-corrected chi connectivity index (χ1v) is 14.3. The first kappa shape index (κ1) is 27.3. The average Bonchev–Trinajstić information content (AvgIpc) is 3.13. The average molecular weight is 529 g/mol. The summed E-state index contributed by atoms with van der Waals surface area (Å²) in [6.45, 7) is 4.52. The molecule has 1 unspecified atom stereocenters. The summed E-state index contributed by atoms with van der Waals surface area (Å²) in [5, 5.41) is 6.09. The summed E-state index contributed by atoms with van der Waals surface area (Å²) in [4.78, 5) is 27.3. The number of ether oxygens (including phenoxy) is 1. The smallest absolute Gasteiger partial charge is 0.240 e. The van der Waals surface area contributed by atoms with Gasteiger partial charge < -0.3 is 21.1 Å². The van der Waals surface area contributed by atoms with Gasteiger partial charge in [-0.2, -0.15) is 0 Å². The highest BCUT2D eigenvalue weighted by molar-refractivity contribution is 7.92. The van der Waals surface area contributed by atoms with Crippen LogP contribution in [0.4, 0.5) is 5.69 Å². The number of rotatable bonds is 9. The van der Waals surface area contributed by atoms with Crippen molar-refractivity contribution in [1.82, 2.24) is 10.6 Å². The summed E-state index contributed by atoms with van der Waals surface area (Å²) in [6, 6.07) is 14.7. The lowest BCUT2D eigenvalue weighted by Crippen LogP contribution is -2.63. The predicted molar refractivity (Wildman–Crippen MR) is 143 cm³/mol. The van der Waals surface area contributed by atoms with E-state index in [1.807, 2.05) is 42.5 Å². The Bertz CT molecular complexity index is 1240. The number of hydrogen-bond donors (Lipinski definition) is 3. The Morgan fingerprint density at radius 1 is 1.14 bits per heavy atom. The molecule has 1 amide bonds. The molecule has 2 aliphatic heterocycles. The minimum atomic E-state index is -3.83. The molecule has 200 valence electrons. The van der Waals surface area contributed by atoms with Crippen LogP contribution in [0.2, 0.25) is 0 Å². The van der Waals surface area contributed by atoms with E-state index in [0.717, 1.165) is 17.4 Å². The van der Waals surface area contributed by atoms with Crippen molar-refractivity contribution >= 4 is 27.4 Å². The molecule has 0 saturated carbocycles. The molecule has 1 fully saturated rings. The number of carbonyl (C=O) groups is 2. The van der Waals surface area contributed by atoms with Crippen LogP contribution in [0.25, 0.3) is 0 Å². The number of hydrogen-bond acceptors (Lipinski definition) is 7. The summed E-state index contributed by atoms with van der Waals surface area (Å²) in [5.74, 6) is -0.927. The third-order valence-electron chi connectivity index (χ3n) is 7.19. The van der Waals surface area contributed by atoms with Crippen molar-refractivity contribution in [3.05, 3.63) is 65.7 Å². The van der Waals surface area contributed by atoms with Gasteiger partial charge in [-0.3, -0.25) is 13.9 Å². The molecule has 4 N–H and O–H groups in total. The van der Waals surface area contributed by atoms with E-state index in [4.69, 9.17) is 10.5 Å². The summed E-state index contributed by atoms with van der Waals surface area (Å²) >= 11 is 0. The predicted octanol–water partition coefficient (Wildman–Crippen LogP) is 1.46. The Hall–Kier alpha value is -2.79. The summed E-state index contributed by atoms with van der Waals surface area (Å²) in [5.41, 5.74) is 6.34. The van der Waals surface area contributed by atoms with Crippen LogP contribution in [0, 0.1) is 0 Å².